The van der Waals surface area contributed by atoms with Crippen molar-refractivity contribution < 1.29 is 13.4 Å². The van der Waals surface area contributed by atoms with Gasteiger partial charge in [-0.05, 0) is 0 Å². The van der Waals surface area contributed by atoms with E-state index in [2.05, 4.69) is 15.6 Å². The Bertz CT molecular complexity index is 275. The average Bonchev–Trinajstić information content (AvgIpc) is 2.31. The monoisotopic (exact) mass is 184 g/mol. The number of carbonyl (C=O) groups excluding carboxylic acids is 2. The molecular weight excluding hydrogens is 179 g/mol. The van der Waals surface area contributed by atoms with Crippen LogP contribution in [0, 0.1) is 0 Å². The van der Waals surface area contributed by atoms with E-state index in [1.807, 2.05) is 0 Å². The molecule has 7 nitrogen and oxygen atoms in total. The SMILES string of the molecule is NC(=O)NC1N=[C]([Al]=[O])NC1=O. The molecule has 0 radical (unpaired) electrons. The first kappa shape index (κ1) is 8.84. The van der Waals surface area contributed by atoms with Gasteiger partial charge in [0.2, 0.25) is 0 Å². The summed E-state index contributed by atoms with van der Waals surface area (Å²) in [5, 5.41) is 4.29. The van der Waals surface area contributed by atoms with E-state index >= 15 is 0 Å². The Morgan fingerprint density at radius 2 is 2.42 bits per heavy atom. The van der Waals surface area contributed by atoms with Crippen LogP contribution in [0.2, 0.25) is 0 Å². The van der Waals surface area contributed by atoms with Gasteiger partial charge in [0.25, 0.3) is 0 Å². The van der Waals surface area contributed by atoms with E-state index in [1.54, 1.807) is 0 Å². The second-order valence-corrected chi connectivity index (χ2v) is 2.82. The molecule has 0 saturated heterocycles. The number of primary amides is 1. The fourth-order valence-corrected chi connectivity index (χ4v) is 1.13. The Morgan fingerprint density at radius 1 is 1.75 bits per heavy atom. The van der Waals surface area contributed by atoms with E-state index in [1.165, 1.54) is 0 Å². The van der Waals surface area contributed by atoms with Crippen molar-refractivity contribution in [2.24, 2.45) is 10.7 Å². The van der Waals surface area contributed by atoms with Gasteiger partial charge in [-0.1, -0.05) is 0 Å². The Labute approximate surface area is 73.3 Å². The first-order valence-corrected chi connectivity index (χ1v) is 4.08. The van der Waals surface area contributed by atoms with Crippen molar-refractivity contribution in [2.75, 3.05) is 0 Å². The van der Waals surface area contributed by atoms with Crippen molar-refractivity contribution >= 4 is 31.8 Å². The molecule has 0 aromatic heterocycles. The molecule has 0 saturated carbocycles. The third kappa shape index (κ3) is 1.87. The molecule has 0 bridgehead atoms. The zero-order valence-electron chi connectivity index (χ0n) is 5.90. The van der Waals surface area contributed by atoms with Gasteiger partial charge in [-0.25, -0.2) is 0 Å². The van der Waals surface area contributed by atoms with Crippen LogP contribution in [0.25, 0.3) is 0 Å². The maximum absolute atomic E-state index is 10.9. The van der Waals surface area contributed by atoms with Crippen LogP contribution in [0.5, 0.6) is 0 Å². The maximum atomic E-state index is 10.9. The Morgan fingerprint density at radius 3 is 2.83 bits per heavy atom. The Kier molecular flexibility index (Phi) is 2.52. The molecule has 12 heavy (non-hydrogen) atoms. The zero-order valence-corrected chi connectivity index (χ0v) is 7.06. The number of amidine groups is 1. The molecule has 0 aromatic rings. The second-order valence-electron chi connectivity index (χ2n) is 2.03. The molecule has 1 unspecified atom stereocenters. The third-order valence-electron chi connectivity index (χ3n) is 1.16. The van der Waals surface area contributed by atoms with Crippen LogP contribution in [-0.2, 0) is 8.60 Å². The van der Waals surface area contributed by atoms with Crippen LogP contribution >= 0.6 is 0 Å². The van der Waals surface area contributed by atoms with Crippen molar-refractivity contribution in [3.8, 4) is 0 Å². The van der Waals surface area contributed by atoms with Crippen LogP contribution in [0.3, 0.4) is 0 Å². The number of amides is 3. The van der Waals surface area contributed by atoms with Gasteiger partial charge in [0.15, 0.2) is 0 Å². The van der Waals surface area contributed by atoms with Crippen molar-refractivity contribution in [3.63, 3.8) is 0 Å². The molecule has 0 aromatic carbocycles. The normalized spacial score (nSPS) is 20.8. The zero-order chi connectivity index (χ0) is 9.14. The Hall–Kier alpha value is -1.26. The molecule has 1 heterocycles. The summed E-state index contributed by atoms with van der Waals surface area (Å²) in [6.45, 7) is 0. The summed E-state index contributed by atoms with van der Waals surface area (Å²) in [4.78, 5) is 24.7. The van der Waals surface area contributed by atoms with Gasteiger partial charge in [0.05, 0.1) is 0 Å². The number of aliphatic imine (C=N–C) groups is 1. The molecule has 8 heteroatoms. The summed E-state index contributed by atoms with van der Waals surface area (Å²) in [6, 6.07) is -0.846. The number of rotatable bonds is 2. The summed E-state index contributed by atoms with van der Waals surface area (Å²) in [5.74, 6) is -0.521. The second kappa shape index (κ2) is 3.43. The summed E-state index contributed by atoms with van der Waals surface area (Å²) >= 11 is -1.29. The standard InChI is InChI=1S/C4H5N4O2.Al.O/c5-4(10)8-2-3(9)7-1-6-2;;/h2H,(H3,5,8,10)(H,6,7,9);;. The summed E-state index contributed by atoms with van der Waals surface area (Å²) < 4.78 is 10.4. The third-order valence-corrected chi connectivity index (χ3v) is 1.68. The van der Waals surface area contributed by atoms with Crippen molar-refractivity contribution in [1.29, 1.82) is 0 Å². The first-order chi connectivity index (χ1) is 5.63. The molecule has 4 N–H and O–H groups in total. The summed E-state index contributed by atoms with van der Waals surface area (Å²) in [7, 11) is 0. The van der Waals surface area contributed by atoms with Crippen LogP contribution in [-0.4, -0.2) is 38.0 Å². The number of hydrogen-bond donors (Lipinski definition) is 3. The minimum atomic E-state index is -1.29. The number of nitrogens with zero attached hydrogens (tertiary/aromatic N) is 1. The van der Waals surface area contributed by atoms with Crippen molar-refractivity contribution in [3.05, 3.63) is 0 Å². The number of nitrogens with two attached hydrogens (primary N) is 1. The van der Waals surface area contributed by atoms with Crippen molar-refractivity contribution in [1.82, 2.24) is 10.6 Å². The molecule has 1 aliphatic heterocycles. The molecule has 1 rings (SSSR count). The molecule has 0 spiro atoms. The van der Waals surface area contributed by atoms with Gasteiger partial charge < -0.3 is 0 Å². The van der Waals surface area contributed by atoms with E-state index in [0.717, 1.165) is 0 Å². The van der Waals surface area contributed by atoms with E-state index in [4.69, 9.17) is 5.73 Å². The van der Waals surface area contributed by atoms with Gasteiger partial charge >= 0.3 is 72.7 Å². The van der Waals surface area contributed by atoms with E-state index < -0.39 is 33.3 Å². The van der Waals surface area contributed by atoms with Gasteiger partial charge in [0, 0.05) is 0 Å². The molecule has 3 amide bonds. The fourth-order valence-electron chi connectivity index (χ4n) is 0.717. The number of urea groups is 1. The molecular formula is C4H5AlN4O3. The van der Waals surface area contributed by atoms with Gasteiger partial charge in [-0.3, -0.25) is 0 Å². The van der Waals surface area contributed by atoms with E-state index in [9.17, 15) is 13.4 Å². The number of nitrogens with one attached hydrogen (secondary N) is 2. The van der Waals surface area contributed by atoms with Gasteiger partial charge in [-0.2, -0.15) is 0 Å². The number of hydrogen-bond acceptors (Lipinski definition) is 4. The molecule has 0 aliphatic carbocycles. The van der Waals surface area contributed by atoms with E-state index in [-0.39, 0.29) is 4.70 Å². The van der Waals surface area contributed by atoms with Gasteiger partial charge in [-0.15, -0.1) is 0 Å². The van der Waals surface area contributed by atoms with Crippen LogP contribution in [0.1, 0.15) is 0 Å². The average molecular weight is 184 g/mol. The predicted molar refractivity (Wildman–Crippen MR) is 38.5 cm³/mol. The van der Waals surface area contributed by atoms with Crippen LogP contribution in [0.4, 0.5) is 4.79 Å². The summed E-state index contributed by atoms with van der Waals surface area (Å²) in [5.41, 5.74) is 4.75. The van der Waals surface area contributed by atoms with Crippen molar-refractivity contribution in [2.45, 2.75) is 6.17 Å². The van der Waals surface area contributed by atoms with E-state index in [0.29, 0.717) is 0 Å². The number of carbonyl (C=O) groups is 2. The quantitative estimate of drug-likeness (QED) is 0.412. The minimum absolute atomic E-state index is 0.0961. The summed E-state index contributed by atoms with van der Waals surface area (Å²) in [6.07, 6.45) is -1.03. The molecule has 62 valence electrons. The predicted octanol–water partition coefficient (Wildman–Crippen LogP) is -2.48. The molecule has 1 atom stereocenters. The first-order valence-electron chi connectivity index (χ1n) is 3.03. The Balaban J connectivity index is 2.66. The molecule has 0 fully saturated rings. The van der Waals surface area contributed by atoms with Crippen LogP contribution in [0.15, 0.2) is 4.99 Å². The van der Waals surface area contributed by atoms with Gasteiger partial charge in [0.1, 0.15) is 0 Å². The topological polar surface area (TPSA) is 114 Å². The molecule has 1 aliphatic rings. The van der Waals surface area contributed by atoms with Crippen LogP contribution < -0.4 is 16.4 Å². The fraction of sp³-hybridized carbons (Fsp3) is 0.250.